The summed E-state index contributed by atoms with van der Waals surface area (Å²) in [4.78, 5) is 12.5. The Morgan fingerprint density at radius 1 is 0.821 bits per heavy atom. The molecule has 0 aliphatic rings. The molecule has 0 fully saturated rings. The van der Waals surface area contributed by atoms with Gasteiger partial charge in [0.15, 0.2) is 0 Å². The van der Waals surface area contributed by atoms with Crippen LogP contribution < -0.4 is 0 Å². The van der Waals surface area contributed by atoms with Crippen molar-refractivity contribution in [1.29, 1.82) is 0 Å². The SMILES string of the molecule is Oc1ccc2ccccc2c1C=Nc1ccc(-c2nc3ccccc3[nH]2)cc1. The van der Waals surface area contributed by atoms with Gasteiger partial charge in [-0.25, -0.2) is 4.98 Å². The molecule has 1 aromatic heterocycles. The third-order valence-electron chi connectivity index (χ3n) is 4.82. The summed E-state index contributed by atoms with van der Waals surface area (Å²) in [5, 5.41) is 12.3. The molecule has 0 aliphatic carbocycles. The zero-order chi connectivity index (χ0) is 18.9. The Kier molecular flexibility index (Phi) is 3.87. The van der Waals surface area contributed by atoms with E-state index in [9.17, 15) is 5.11 Å². The summed E-state index contributed by atoms with van der Waals surface area (Å²) in [5.41, 5.74) is 4.51. The van der Waals surface area contributed by atoms with Gasteiger partial charge in [0.05, 0.1) is 16.7 Å². The van der Waals surface area contributed by atoms with Crippen LogP contribution >= 0.6 is 0 Å². The van der Waals surface area contributed by atoms with Gasteiger partial charge in [-0.3, -0.25) is 4.99 Å². The van der Waals surface area contributed by atoms with Crippen LogP contribution in [0.2, 0.25) is 0 Å². The van der Waals surface area contributed by atoms with E-state index in [-0.39, 0.29) is 5.75 Å². The minimum atomic E-state index is 0.223. The number of H-pyrrole nitrogens is 1. The van der Waals surface area contributed by atoms with Gasteiger partial charge in [-0.2, -0.15) is 0 Å². The maximum Gasteiger partial charge on any atom is 0.138 e. The smallest absolute Gasteiger partial charge is 0.138 e. The number of hydrogen-bond donors (Lipinski definition) is 2. The lowest BCUT2D eigenvalue weighted by atomic mass is 10.0. The first kappa shape index (κ1) is 16.3. The van der Waals surface area contributed by atoms with Crippen molar-refractivity contribution in [3.8, 4) is 17.1 Å². The molecule has 134 valence electrons. The number of aliphatic imine (C=N–C) groups is 1. The molecule has 4 nitrogen and oxygen atoms in total. The molecule has 0 saturated heterocycles. The fourth-order valence-electron chi connectivity index (χ4n) is 3.35. The highest BCUT2D eigenvalue weighted by molar-refractivity contribution is 6.03. The highest BCUT2D eigenvalue weighted by Gasteiger charge is 2.06. The number of fused-ring (bicyclic) bond motifs is 2. The number of aromatic amines is 1. The molecule has 1 heterocycles. The predicted octanol–water partition coefficient (Wildman–Crippen LogP) is 5.84. The summed E-state index contributed by atoms with van der Waals surface area (Å²) in [6, 6.07) is 27.4. The summed E-state index contributed by atoms with van der Waals surface area (Å²) in [7, 11) is 0. The van der Waals surface area contributed by atoms with Crippen LogP contribution in [0.5, 0.6) is 5.75 Å². The number of phenolic OH excluding ortho intramolecular Hbond substituents is 1. The molecule has 2 N–H and O–H groups in total. The van der Waals surface area contributed by atoms with Crippen molar-refractivity contribution in [3.63, 3.8) is 0 Å². The van der Waals surface area contributed by atoms with Gasteiger partial charge >= 0.3 is 0 Å². The number of rotatable bonds is 3. The molecule has 0 atom stereocenters. The first-order chi connectivity index (χ1) is 13.8. The molecule has 0 saturated carbocycles. The van der Waals surface area contributed by atoms with Gasteiger partial charge in [0, 0.05) is 17.3 Å². The van der Waals surface area contributed by atoms with Gasteiger partial charge in [-0.1, -0.05) is 42.5 Å². The summed E-state index contributed by atoms with van der Waals surface area (Å²) >= 11 is 0. The summed E-state index contributed by atoms with van der Waals surface area (Å²) in [5.74, 6) is 1.06. The third kappa shape index (κ3) is 2.91. The van der Waals surface area contributed by atoms with Crippen molar-refractivity contribution in [2.45, 2.75) is 0 Å². The number of imidazole rings is 1. The van der Waals surface area contributed by atoms with E-state index in [2.05, 4.69) is 15.0 Å². The lowest BCUT2D eigenvalue weighted by Gasteiger charge is -2.04. The zero-order valence-corrected chi connectivity index (χ0v) is 15.0. The molecule has 0 aliphatic heterocycles. The molecule has 0 spiro atoms. The van der Waals surface area contributed by atoms with Crippen LogP contribution in [-0.4, -0.2) is 21.3 Å². The van der Waals surface area contributed by atoms with Gasteiger partial charge in [-0.15, -0.1) is 0 Å². The van der Waals surface area contributed by atoms with Crippen molar-refractivity contribution < 1.29 is 5.11 Å². The first-order valence-corrected chi connectivity index (χ1v) is 9.08. The maximum absolute atomic E-state index is 10.2. The van der Waals surface area contributed by atoms with E-state index in [0.29, 0.717) is 0 Å². The second kappa shape index (κ2) is 6.67. The standard InChI is InChI=1S/C24H17N3O/c28-23-14-11-16-5-1-2-6-19(16)20(23)15-25-18-12-9-17(10-13-18)24-26-21-7-3-4-8-22(21)27-24/h1-15,28H,(H,26,27). The van der Waals surface area contributed by atoms with E-state index in [0.717, 1.165) is 44.4 Å². The minimum Gasteiger partial charge on any atom is -0.507 e. The maximum atomic E-state index is 10.2. The Labute approximate surface area is 161 Å². The topological polar surface area (TPSA) is 61.3 Å². The van der Waals surface area contributed by atoms with E-state index in [1.165, 1.54) is 0 Å². The second-order valence-corrected chi connectivity index (χ2v) is 6.63. The Morgan fingerprint density at radius 2 is 1.61 bits per heavy atom. The van der Waals surface area contributed by atoms with Crippen LogP contribution in [0.15, 0.2) is 89.9 Å². The molecule has 0 bridgehead atoms. The monoisotopic (exact) mass is 363 g/mol. The molecule has 0 radical (unpaired) electrons. The van der Waals surface area contributed by atoms with Crippen molar-refractivity contribution in [3.05, 3.63) is 90.5 Å². The number of phenols is 1. The van der Waals surface area contributed by atoms with Crippen molar-refractivity contribution in [1.82, 2.24) is 9.97 Å². The normalized spacial score (nSPS) is 11.6. The lowest BCUT2D eigenvalue weighted by Crippen LogP contribution is -1.86. The van der Waals surface area contributed by atoms with Crippen LogP contribution in [0.4, 0.5) is 5.69 Å². The molecule has 0 unspecified atom stereocenters. The molecular formula is C24H17N3O. The van der Waals surface area contributed by atoms with Crippen molar-refractivity contribution in [2.75, 3.05) is 0 Å². The lowest BCUT2D eigenvalue weighted by molar-refractivity contribution is 0.475. The molecule has 4 heteroatoms. The number of benzene rings is 4. The molecular weight excluding hydrogens is 346 g/mol. The van der Waals surface area contributed by atoms with Gasteiger partial charge in [-0.05, 0) is 53.2 Å². The predicted molar refractivity (Wildman–Crippen MR) is 114 cm³/mol. The number of aromatic nitrogens is 2. The van der Waals surface area contributed by atoms with E-state index >= 15 is 0 Å². The van der Waals surface area contributed by atoms with Crippen molar-refractivity contribution >= 4 is 33.7 Å². The molecule has 28 heavy (non-hydrogen) atoms. The number of para-hydroxylation sites is 2. The second-order valence-electron chi connectivity index (χ2n) is 6.63. The summed E-state index contributed by atoms with van der Waals surface area (Å²) in [6.45, 7) is 0. The van der Waals surface area contributed by atoms with Crippen LogP contribution in [0, 0.1) is 0 Å². The van der Waals surface area contributed by atoms with Crippen molar-refractivity contribution in [2.24, 2.45) is 4.99 Å². The number of nitrogens with zero attached hydrogens (tertiary/aromatic N) is 2. The third-order valence-corrected chi connectivity index (χ3v) is 4.82. The van der Waals surface area contributed by atoms with E-state index in [1.54, 1.807) is 12.3 Å². The molecule has 5 aromatic rings. The van der Waals surface area contributed by atoms with Crippen LogP contribution in [0.3, 0.4) is 0 Å². The fourth-order valence-corrected chi connectivity index (χ4v) is 3.35. The van der Waals surface area contributed by atoms with E-state index < -0.39 is 0 Å². The fraction of sp³-hybridized carbons (Fsp3) is 0. The van der Waals surface area contributed by atoms with E-state index in [1.807, 2.05) is 78.9 Å². The Balaban J connectivity index is 1.46. The minimum absolute atomic E-state index is 0.223. The molecule has 4 aromatic carbocycles. The van der Waals surface area contributed by atoms with Gasteiger partial charge in [0.2, 0.25) is 0 Å². The number of nitrogens with one attached hydrogen (secondary N) is 1. The van der Waals surface area contributed by atoms with Crippen LogP contribution in [-0.2, 0) is 0 Å². The van der Waals surface area contributed by atoms with Gasteiger partial charge < -0.3 is 10.1 Å². The largest absolute Gasteiger partial charge is 0.507 e. The van der Waals surface area contributed by atoms with Crippen LogP contribution in [0.25, 0.3) is 33.2 Å². The summed E-state index contributed by atoms with van der Waals surface area (Å²) < 4.78 is 0. The van der Waals surface area contributed by atoms with E-state index in [4.69, 9.17) is 0 Å². The zero-order valence-electron chi connectivity index (χ0n) is 15.0. The van der Waals surface area contributed by atoms with Gasteiger partial charge in [0.1, 0.15) is 11.6 Å². The molecule has 0 amide bonds. The number of hydrogen-bond acceptors (Lipinski definition) is 3. The Bertz CT molecular complexity index is 1280. The highest BCUT2D eigenvalue weighted by Crippen LogP contribution is 2.27. The molecule has 5 rings (SSSR count). The first-order valence-electron chi connectivity index (χ1n) is 9.08. The van der Waals surface area contributed by atoms with Gasteiger partial charge in [0.25, 0.3) is 0 Å². The highest BCUT2D eigenvalue weighted by atomic mass is 16.3. The number of aromatic hydroxyl groups is 1. The average molecular weight is 363 g/mol. The Hall–Kier alpha value is -3.92. The quantitative estimate of drug-likeness (QED) is 0.396. The Morgan fingerprint density at radius 3 is 2.46 bits per heavy atom. The summed E-state index contributed by atoms with van der Waals surface area (Å²) in [6.07, 6.45) is 1.72. The van der Waals surface area contributed by atoms with Crippen LogP contribution in [0.1, 0.15) is 5.56 Å². The average Bonchev–Trinajstić information content (AvgIpc) is 3.18.